The maximum atomic E-state index is 12.6. The van der Waals surface area contributed by atoms with Gasteiger partial charge in [0, 0.05) is 31.2 Å². The smallest absolute Gasteiger partial charge is 0.367 e. The molecular weight excluding hydrogens is 421 g/mol. The van der Waals surface area contributed by atoms with Gasteiger partial charge in [-0.1, -0.05) is 0 Å². The van der Waals surface area contributed by atoms with E-state index in [-0.39, 0.29) is 18.0 Å². The van der Waals surface area contributed by atoms with Gasteiger partial charge in [-0.05, 0) is 48.5 Å². The van der Waals surface area contributed by atoms with Gasteiger partial charge in [0.05, 0.1) is 10.5 Å². The molecule has 0 unspecified atom stereocenters. The molecule has 0 aliphatic heterocycles. The fourth-order valence-electron chi connectivity index (χ4n) is 2.36. The maximum Gasteiger partial charge on any atom is 0.416 e. The van der Waals surface area contributed by atoms with Crippen LogP contribution in [0.2, 0.25) is 0 Å². The molecule has 0 amide bonds. The SMILES string of the molecule is O=S(=O)(NCCNc1ccc(Nc2ccncc2)nn1)c1ccc(C(F)(F)F)cc1. The Morgan fingerprint density at radius 2 is 1.47 bits per heavy atom. The van der Waals surface area contributed by atoms with Gasteiger partial charge < -0.3 is 10.6 Å². The number of hydrogen-bond acceptors (Lipinski definition) is 7. The lowest BCUT2D eigenvalue weighted by Crippen LogP contribution is -2.29. The van der Waals surface area contributed by atoms with Gasteiger partial charge in [0.25, 0.3) is 0 Å². The van der Waals surface area contributed by atoms with Crippen LogP contribution in [0, 0.1) is 0 Å². The first-order valence-corrected chi connectivity index (χ1v) is 10.1. The molecule has 0 atom stereocenters. The summed E-state index contributed by atoms with van der Waals surface area (Å²) in [6.07, 6.45) is -1.25. The number of anilines is 3. The number of hydrogen-bond donors (Lipinski definition) is 3. The molecule has 3 rings (SSSR count). The Labute approximate surface area is 170 Å². The Morgan fingerprint density at radius 3 is 2.07 bits per heavy atom. The van der Waals surface area contributed by atoms with Crippen molar-refractivity contribution in [2.45, 2.75) is 11.1 Å². The highest BCUT2D eigenvalue weighted by Crippen LogP contribution is 2.29. The van der Waals surface area contributed by atoms with Crippen LogP contribution in [0.5, 0.6) is 0 Å². The summed E-state index contributed by atoms with van der Waals surface area (Å²) in [6, 6.07) is 10.2. The third-order valence-electron chi connectivity index (χ3n) is 3.83. The summed E-state index contributed by atoms with van der Waals surface area (Å²) in [6.45, 7) is 0.202. The van der Waals surface area contributed by atoms with E-state index in [2.05, 4.69) is 30.5 Å². The number of sulfonamides is 1. The van der Waals surface area contributed by atoms with Gasteiger partial charge in [-0.25, -0.2) is 13.1 Å². The average Bonchev–Trinajstić information content (AvgIpc) is 2.73. The summed E-state index contributed by atoms with van der Waals surface area (Å²) in [7, 11) is -3.93. The Morgan fingerprint density at radius 1 is 0.833 bits per heavy atom. The van der Waals surface area contributed by atoms with E-state index in [4.69, 9.17) is 0 Å². The Bertz CT molecular complexity index is 1060. The summed E-state index contributed by atoms with van der Waals surface area (Å²) in [5, 5.41) is 13.9. The molecule has 30 heavy (non-hydrogen) atoms. The summed E-state index contributed by atoms with van der Waals surface area (Å²) < 4.78 is 64.3. The lowest BCUT2D eigenvalue weighted by atomic mass is 10.2. The number of aromatic nitrogens is 3. The summed E-state index contributed by atoms with van der Waals surface area (Å²) in [5.74, 6) is 0.957. The zero-order chi connectivity index (χ0) is 21.6. The van der Waals surface area contributed by atoms with Gasteiger partial charge in [0.15, 0.2) is 5.82 Å². The first kappa shape index (κ1) is 21.5. The number of pyridine rings is 1. The molecule has 0 aliphatic rings. The van der Waals surface area contributed by atoms with Crippen LogP contribution in [0.3, 0.4) is 0 Å². The largest absolute Gasteiger partial charge is 0.416 e. The lowest BCUT2D eigenvalue weighted by Gasteiger charge is -2.10. The molecule has 0 saturated carbocycles. The molecule has 3 aromatic rings. The maximum absolute atomic E-state index is 12.6. The van der Waals surface area contributed by atoms with E-state index in [0.717, 1.165) is 30.0 Å². The topological polar surface area (TPSA) is 109 Å². The van der Waals surface area contributed by atoms with Crippen molar-refractivity contribution in [1.82, 2.24) is 19.9 Å². The highest BCUT2D eigenvalue weighted by Gasteiger charge is 2.30. The fraction of sp³-hybridized carbons (Fsp3) is 0.167. The van der Waals surface area contributed by atoms with E-state index in [9.17, 15) is 21.6 Å². The van der Waals surface area contributed by atoms with Crippen LogP contribution in [0.4, 0.5) is 30.5 Å². The third kappa shape index (κ3) is 5.87. The van der Waals surface area contributed by atoms with Crippen LogP contribution < -0.4 is 15.4 Å². The van der Waals surface area contributed by atoms with Gasteiger partial charge in [-0.15, -0.1) is 10.2 Å². The van der Waals surface area contributed by atoms with E-state index < -0.39 is 21.8 Å². The molecule has 0 bridgehead atoms. The average molecular weight is 438 g/mol. The lowest BCUT2D eigenvalue weighted by molar-refractivity contribution is -0.137. The van der Waals surface area contributed by atoms with Gasteiger partial charge in [0.2, 0.25) is 10.0 Å². The van der Waals surface area contributed by atoms with E-state index in [1.807, 2.05) is 0 Å². The van der Waals surface area contributed by atoms with Crippen LogP contribution in [0.15, 0.2) is 65.8 Å². The number of halogens is 3. The predicted octanol–water partition coefficient (Wildman–Crippen LogP) is 3.02. The van der Waals surface area contributed by atoms with Crippen molar-refractivity contribution in [3.63, 3.8) is 0 Å². The molecule has 1 aromatic carbocycles. The number of benzene rings is 1. The standard InChI is InChI=1S/C18H17F3N6O2S/c19-18(20,21)13-1-3-15(4-2-13)30(28,29)24-12-11-23-16-5-6-17(27-26-16)25-14-7-9-22-10-8-14/h1-10,24H,11-12H2,(H,23,26)(H,22,25,27). The zero-order valence-corrected chi connectivity index (χ0v) is 16.2. The summed E-state index contributed by atoms with van der Waals surface area (Å²) in [4.78, 5) is 3.66. The summed E-state index contributed by atoms with van der Waals surface area (Å²) >= 11 is 0. The van der Waals surface area contributed by atoms with Gasteiger partial charge in [0.1, 0.15) is 5.82 Å². The molecule has 3 N–H and O–H groups in total. The van der Waals surface area contributed by atoms with E-state index in [1.165, 1.54) is 0 Å². The van der Waals surface area contributed by atoms with Crippen molar-refractivity contribution < 1.29 is 21.6 Å². The van der Waals surface area contributed by atoms with Crippen molar-refractivity contribution >= 4 is 27.3 Å². The predicted molar refractivity (Wildman–Crippen MR) is 105 cm³/mol. The van der Waals surface area contributed by atoms with E-state index in [0.29, 0.717) is 11.6 Å². The first-order chi connectivity index (χ1) is 14.2. The second-order valence-electron chi connectivity index (χ2n) is 6.01. The number of nitrogens with one attached hydrogen (secondary N) is 3. The van der Waals surface area contributed by atoms with Crippen LogP contribution in [-0.4, -0.2) is 36.7 Å². The Kier molecular flexibility index (Phi) is 6.47. The van der Waals surface area contributed by atoms with Crippen LogP contribution in [0.25, 0.3) is 0 Å². The molecule has 0 spiro atoms. The fourth-order valence-corrected chi connectivity index (χ4v) is 3.39. The summed E-state index contributed by atoms with van der Waals surface area (Å²) in [5.41, 5.74) is -0.110. The molecule has 8 nitrogen and oxygen atoms in total. The normalized spacial score (nSPS) is 11.8. The van der Waals surface area contributed by atoms with Crippen molar-refractivity contribution in [1.29, 1.82) is 0 Å². The van der Waals surface area contributed by atoms with Crippen LogP contribution in [0.1, 0.15) is 5.56 Å². The molecule has 12 heteroatoms. The molecule has 2 aromatic heterocycles. The van der Waals surface area contributed by atoms with E-state index >= 15 is 0 Å². The second-order valence-corrected chi connectivity index (χ2v) is 7.78. The van der Waals surface area contributed by atoms with Crippen LogP contribution in [-0.2, 0) is 16.2 Å². The highest BCUT2D eigenvalue weighted by atomic mass is 32.2. The highest BCUT2D eigenvalue weighted by molar-refractivity contribution is 7.89. The molecule has 158 valence electrons. The molecular formula is C18H17F3N6O2S. The quantitative estimate of drug-likeness (QED) is 0.464. The van der Waals surface area contributed by atoms with Gasteiger partial charge in [-0.2, -0.15) is 13.2 Å². The third-order valence-corrected chi connectivity index (χ3v) is 5.31. The van der Waals surface area contributed by atoms with Crippen molar-refractivity contribution in [3.8, 4) is 0 Å². The number of nitrogens with zero attached hydrogens (tertiary/aromatic N) is 3. The second kappa shape index (κ2) is 9.05. The first-order valence-electron chi connectivity index (χ1n) is 8.66. The molecule has 0 radical (unpaired) electrons. The van der Waals surface area contributed by atoms with E-state index in [1.54, 1.807) is 36.7 Å². The Balaban J connectivity index is 1.48. The molecule has 0 saturated heterocycles. The zero-order valence-electron chi connectivity index (χ0n) is 15.4. The monoisotopic (exact) mass is 438 g/mol. The van der Waals surface area contributed by atoms with Gasteiger partial charge >= 0.3 is 6.18 Å². The molecule has 2 heterocycles. The van der Waals surface area contributed by atoms with Crippen LogP contribution >= 0.6 is 0 Å². The minimum Gasteiger partial charge on any atom is -0.367 e. The number of rotatable bonds is 8. The van der Waals surface area contributed by atoms with Gasteiger partial charge in [-0.3, -0.25) is 4.98 Å². The minimum atomic E-state index is -4.52. The molecule has 0 fully saturated rings. The van der Waals surface area contributed by atoms with Crippen molar-refractivity contribution in [2.24, 2.45) is 0 Å². The minimum absolute atomic E-state index is 0.00204. The Hall–Kier alpha value is -3.25. The van der Waals surface area contributed by atoms with Crippen molar-refractivity contribution in [2.75, 3.05) is 23.7 Å². The van der Waals surface area contributed by atoms with Crippen molar-refractivity contribution in [3.05, 3.63) is 66.5 Å². The number of alkyl halides is 3. The molecule has 0 aliphatic carbocycles.